The van der Waals surface area contributed by atoms with Crippen LogP contribution in [0.25, 0.3) is 10.9 Å². The minimum atomic E-state index is -1.20. The van der Waals surface area contributed by atoms with Crippen molar-refractivity contribution in [2.45, 2.75) is 45.1 Å². The molecule has 0 radical (unpaired) electrons. The monoisotopic (exact) mass is 295 g/mol. The zero-order valence-corrected chi connectivity index (χ0v) is 11.7. The van der Waals surface area contributed by atoms with Gasteiger partial charge in [-0.25, -0.2) is 23.1 Å². The van der Waals surface area contributed by atoms with Crippen LogP contribution < -0.4 is 5.32 Å². The molecule has 3 rings (SSSR count). The molecule has 0 saturated heterocycles. The maximum absolute atomic E-state index is 14.5. The van der Waals surface area contributed by atoms with Crippen LogP contribution in [0.4, 0.5) is 18.9 Å². The largest absolute Gasteiger partial charge is 0.377 e. The summed E-state index contributed by atoms with van der Waals surface area (Å²) in [5.41, 5.74) is -0.593. The molecule has 1 aliphatic rings. The van der Waals surface area contributed by atoms with E-state index in [0.29, 0.717) is 5.82 Å². The molecule has 1 aromatic heterocycles. The van der Waals surface area contributed by atoms with E-state index in [4.69, 9.17) is 0 Å². The van der Waals surface area contributed by atoms with E-state index >= 15 is 0 Å². The molecule has 0 unspecified atom stereocenters. The first-order chi connectivity index (χ1) is 10.1. The van der Waals surface area contributed by atoms with Crippen LogP contribution in [0.5, 0.6) is 0 Å². The van der Waals surface area contributed by atoms with Crippen LogP contribution in [0.15, 0.2) is 6.20 Å². The highest BCUT2D eigenvalue weighted by Crippen LogP contribution is 2.32. The topological polar surface area (TPSA) is 37.8 Å². The quantitative estimate of drug-likeness (QED) is 0.848. The van der Waals surface area contributed by atoms with E-state index in [1.165, 1.54) is 0 Å². The molecular formula is C15H16F3N3. The lowest BCUT2D eigenvalue weighted by atomic mass is 9.95. The fourth-order valence-electron chi connectivity index (χ4n) is 2.82. The van der Waals surface area contributed by atoms with Crippen LogP contribution in [0.1, 0.15) is 37.9 Å². The number of aryl methyl sites for hydroxylation is 1. The molecule has 0 atom stereocenters. The van der Waals surface area contributed by atoms with Crippen molar-refractivity contribution in [2.75, 3.05) is 5.32 Å². The summed E-state index contributed by atoms with van der Waals surface area (Å²) in [5.74, 6) is -2.83. The second-order valence-electron chi connectivity index (χ2n) is 5.48. The average Bonchev–Trinajstić information content (AvgIpc) is 2.50. The molecule has 2 aromatic rings. The number of nitrogens with one attached hydrogen (secondary N) is 1. The Morgan fingerprint density at radius 1 is 1.05 bits per heavy atom. The summed E-state index contributed by atoms with van der Waals surface area (Å²) in [6.45, 7) is 1.58. The Morgan fingerprint density at radius 3 is 2.48 bits per heavy atom. The van der Waals surface area contributed by atoms with Crippen molar-refractivity contribution in [1.29, 1.82) is 0 Å². The molecule has 112 valence electrons. The Balaban J connectivity index is 2.08. The Bertz CT molecular complexity index is 682. The molecule has 3 nitrogen and oxygen atoms in total. The van der Waals surface area contributed by atoms with E-state index in [2.05, 4.69) is 15.3 Å². The van der Waals surface area contributed by atoms with Gasteiger partial charge in [-0.1, -0.05) is 19.3 Å². The standard InChI is InChI=1S/C15H16F3N3/c1-8-19-7-10-11(16)12(17)15(13(18)14(10)20-8)21-9-5-3-2-4-6-9/h7,9,21H,2-6H2,1H3. The van der Waals surface area contributed by atoms with Crippen LogP contribution in [0, 0.1) is 24.4 Å². The second-order valence-corrected chi connectivity index (χ2v) is 5.48. The highest BCUT2D eigenvalue weighted by Gasteiger charge is 2.24. The summed E-state index contributed by atoms with van der Waals surface area (Å²) in [7, 11) is 0. The smallest absolute Gasteiger partial charge is 0.185 e. The summed E-state index contributed by atoms with van der Waals surface area (Å²) in [5, 5.41) is 2.59. The molecular weight excluding hydrogens is 279 g/mol. The first-order valence-electron chi connectivity index (χ1n) is 7.14. The van der Waals surface area contributed by atoms with Crippen molar-refractivity contribution >= 4 is 16.6 Å². The zero-order valence-electron chi connectivity index (χ0n) is 11.7. The van der Waals surface area contributed by atoms with Gasteiger partial charge in [0, 0.05) is 12.2 Å². The SMILES string of the molecule is Cc1ncc2c(F)c(F)c(NC3CCCCC3)c(F)c2n1. The summed E-state index contributed by atoms with van der Waals surface area (Å²) < 4.78 is 42.7. The fourth-order valence-corrected chi connectivity index (χ4v) is 2.82. The van der Waals surface area contributed by atoms with Crippen LogP contribution >= 0.6 is 0 Å². The summed E-state index contributed by atoms with van der Waals surface area (Å²) in [4.78, 5) is 7.69. The Hall–Kier alpha value is -1.85. The van der Waals surface area contributed by atoms with E-state index < -0.39 is 23.1 Å². The Morgan fingerprint density at radius 2 is 1.76 bits per heavy atom. The van der Waals surface area contributed by atoms with Crippen molar-refractivity contribution in [3.8, 4) is 0 Å². The molecule has 1 N–H and O–H groups in total. The van der Waals surface area contributed by atoms with Crippen LogP contribution in [-0.4, -0.2) is 16.0 Å². The van der Waals surface area contributed by atoms with Crippen molar-refractivity contribution in [2.24, 2.45) is 0 Å². The number of hydrogen-bond donors (Lipinski definition) is 1. The van der Waals surface area contributed by atoms with Gasteiger partial charge in [0.15, 0.2) is 17.5 Å². The number of anilines is 1. The molecule has 1 heterocycles. The van der Waals surface area contributed by atoms with Gasteiger partial charge >= 0.3 is 0 Å². The number of aromatic nitrogens is 2. The summed E-state index contributed by atoms with van der Waals surface area (Å²) in [6, 6.07) is -0.0254. The molecule has 0 bridgehead atoms. The fraction of sp³-hybridized carbons (Fsp3) is 0.467. The van der Waals surface area contributed by atoms with Gasteiger partial charge in [0.2, 0.25) is 0 Å². The van der Waals surface area contributed by atoms with Crippen LogP contribution in [-0.2, 0) is 0 Å². The third-order valence-corrected chi connectivity index (χ3v) is 3.94. The van der Waals surface area contributed by atoms with Crippen molar-refractivity contribution in [3.05, 3.63) is 29.5 Å². The average molecular weight is 295 g/mol. The maximum atomic E-state index is 14.5. The van der Waals surface area contributed by atoms with E-state index in [0.717, 1.165) is 38.3 Å². The van der Waals surface area contributed by atoms with Crippen molar-refractivity contribution < 1.29 is 13.2 Å². The second kappa shape index (κ2) is 5.50. The van der Waals surface area contributed by atoms with Gasteiger partial charge in [-0.3, -0.25) is 0 Å². The molecule has 21 heavy (non-hydrogen) atoms. The minimum absolute atomic E-state index is 0.0254. The molecule has 1 aromatic carbocycles. The van der Waals surface area contributed by atoms with Crippen molar-refractivity contribution in [3.63, 3.8) is 0 Å². The summed E-state index contributed by atoms with van der Waals surface area (Å²) in [6.07, 6.45) is 5.93. The van der Waals surface area contributed by atoms with Gasteiger partial charge in [0.1, 0.15) is 17.0 Å². The predicted molar refractivity (Wildman–Crippen MR) is 74.6 cm³/mol. The highest BCUT2D eigenvalue weighted by atomic mass is 19.2. The van der Waals surface area contributed by atoms with Gasteiger partial charge in [-0.15, -0.1) is 0 Å². The van der Waals surface area contributed by atoms with Gasteiger partial charge < -0.3 is 5.32 Å². The van der Waals surface area contributed by atoms with Gasteiger partial charge in [0.05, 0.1) is 5.39 Å². The van der Waals surface area contributed by atoms with Gasteiger partial charge in [0.25, 0.3) is 0 Å². The molecule has 1 aliphatic carbocycles. The number of hydrogen-bond acceptors (Lipinski definition) is 3. The number of nitrogens with zero attached hydrogens (tertiary/aromatic N) is 2. The van der Waals surface area contributed by atoms with E-state index in [-0.39, 0.29) is 16.9 Å². The number of rotatable bonds is 2. The predicted octanol–water partition coefficient (Wildman–Crippen LogP) is 4.10. The third kappa shape index (κ3) is 2.54. The molecule has 1 saturated carbocycles. The number of halogens is 3. The zero-order chi connectivity index (χ0) is 15.0. The lowest BCUT2D eigenvalue weighted by Gasteiger charge is -2.24. The van der Waals surface area contributed by atoms with E-state index in [1.54, 1.807) is 6.92 Å². The number of fused-ring (bicyclic) bond motifs is 1. The minimum Gasteiger partial charge on any atom is -0.377 e. The van der Waals surface area contributed by atoms with Gasteiger partial charge in [-0.2, -0.15) is 0 Å². The molecule has 0 amide bonds. The molecule has 0 aliphatic heterocycles. The van der Waals surface area contributed by atoms with Crippen LogP contribution in [0.3, 0.4) is 0 Å². The Labute approximate surface area is 120 Å². The van der Waals surface area contributed by atoms with Gasteiger partial charge in [-0.05, 0) is 19.8 Å². The lowest BCUT2D eigenvalue weighted by molar-refractivity contribution is 0.454. The maximum Gasteiger partial charge on any atom is 0.185 e. The first-order valence-corrected chi connectivity index (χ1v) is 7.14. The third-order valence-electron chi connectivity index (χ3n) is 3.94. The normalized spacial score (nSPS) is 16.4. The van der Waals surface area contributed by atoms with E-state index in [1.807, 2.05) is 0 Å². The highest BCUT2D eigenvalue weighted by molar-refractivity contribution is 5.83. The molecule has 6 heteroatoms. The van der Waals surface area contributed by atoms with Crippen LogP contribution in [0.2, 0.25) is 0 Å². The first kappa shape index (κ1) is 14.1. The lowest BCUT2D eigenvalue weighted by Crippen LogP contribution is -2.24. The molecule has 0 spiro atoms. The van der Waals surface area contributed by atoms with E-state index in [9.17, 15) is 13.2 Å². The summed E-state index contributed by atoms with van der Waals surface area (Å²) >= 11 is 0. The Kier molecular flexibility index (Phi) is 3.69. The number of benzene rings is 1. The molecule has 1 fully saturated rings. The van der Waals surface area contributed by atoms with Crippen molar-refractivity contribution in [1.82, 2.24) is 9.97 Å².